The lowest BCUT2D eigenvalue weighted by Gasteiger charge is -2.13. The van der Waals surface area contributed by atoms with E-state index in [0.29, 0.717) is 0 Å². The van der Waals surface area contributed by atoms with E-state index in [9.17, 15) is 0 Å². The van der Waals surface area contributed by atoms with Crippen molar-refractivity contribution in [3.8, 4) is 22.6 Å². The first kappa shape index (κ1) is 26.9. The van der Waals surface area contributed by atoms with Crippen molar-refractivity contribution in [2.24, 2.45) is 0 Å². The van der Waals surface area contributed by atoms with Crippen molar-refractivity contribution in [3.63, 3.8) is 0 Å². The number of hydrogen-bond acceptors (Lipinski definition) is 3. The Balaban J connectivity index is 1.23. The summed E-state index contributed by atoms with van der Waals surface area (Å²) < 4.78 is 2.68. The SMILES string of the molecule is c1ccc(-c2nc(-c3ccc4c(c3)c3ccccc3c3cc5sc6c7ccccc7c7ccccc7c6c5cc43)nc3ccccc23)cc1. The quantitative estimate of drug-likeness (QED) is 0.176. The molecule has 0 unspecified atom stereocenters. The minimum Gasteiger partial charge on any atom is -0.228 e. The van der Waals surface area contributed by atoms with E-state index in [2.05, 4.69) is 152 Å². The molecule has 49 heavy (non-hydrogen) atoms. The molecule has 0 spiro atoms. The van der Waals surface area contributed by atoms with Crippen molar-refractivity contribution in [2.45, 2.75) is 0 Å². The zero-order valence-electron chi connectivity index (χ0n) is 26.3. The first-order valence-corrected chi connectivity index (χ1v) is 17.5. The average Bonchev–Trinajstić information content (AvgIpc) is 3.56. The number of rotatable bonds is 2. The normalized spacial score (nSPS) is 12.1. The van der Waals surface area contributed by atoms with Gasteiger partial charge in [0, 0.05) is 42.1 Å². The Bertz CT molecular complexity index is 3160. The van der Waals surface area contributed by atoms with Crippen molar-refractivity contribution >= 4 is 96.3 Å². The Hall–Kier alpha value is -6.16. The van der Waals surface area contributed by atoms with Crippen molar-refractivity contribution in [1.29, 1.82) is 0 Å². The number of aromatic nitrogens is 2. The number of thiophene rings is 1. The summed E-state index contributed by atoms with van der Waals surface area (Å²) in [5, 5.41) is 16.5. The number of hydrogen-bond donors (Lipinski definition) is 0. The maximum absolute atomic E-state index is 5.20. The maximum atomic E-state index is 5.20. The van der Waals surface area contributed by atoms with Crippen molar-refractivity contribution in [2.75, 3.05) is 0 Å². The third kappa shape index (κ3) is 3.88. The van der Waals surface area contributed by atoms with Crippen LogP contribution in [-0.2, 0) is 0 Å². The van der Waals surface area contributed by atoms with Crippen LogP contribution in [-0.4, -0.2) is 9.97 Å². The summed E-state index contributed by atoms with van der Waals surface area (Å²) >= 11 is 1.92. The molecule has 0 aliphatic heterocycles. The predicted molar refractivity (Wildman–Crippen MR) is 211 cm³/mol. The van der Waals surface area contributed by atoms with Gasteiger partial charge in [-0.1, -0.05) is 133 Å². The van der Waals surface area contributed by atoms with E-state index >= 15 is 0 Å². The number of nitrogens with zero attached hydrogens (tertiary/aromatic N) is 2. The Kier molecular flexibility index (Phi) is 5.57. The molecule has 0 atom stereocenters. The smallest absolute Gasteiger partial charge is 0.160 e. The third-order valence-electron chi connectivity index (χ3n) is 10.2. The topological polar surface area (TPSA) is 25.8 Å². The summed E-state index contributed by atoms with van der Waals surface area (Å²) in [7, 11) is 0. The summed E-state index contributed by atoms with van der Waals surface area (Å²) in [6.45, 7) is 0. The second-order valence-electron chi connectivity index (χ2n) is 12.9. The van der Waals surface area contributed by atoms with Crippen LogP contribution >= 0.6 is 11.3 Å². The molecule has 0 saturated carbocycles. The minimum atomic E-state index is 0.737. The first-order chi connectivity index (χ1) is 24.3. The molecule has 0 aliphatic rings. The summed E-state index contributed by atoms with van der Waals surface area (Å²) in [6, 6.07) is 57.0. The molecular weight excluding hydrogens is 613 g/mol. The van der Waals surface area contributed by atoms with Gasteiger partial charge in [-0.2, -0.15) is 0 Å². The standard InChI is InChI=1S/C46H26N2S/c1-2-12-27(13-3-1)44-36-20-10-11-21-41(36)47-46(48-44)28-22-23-33-37(24-28)31-16-4-5-17-32(31)39-26-42-40(25-38(33)39)43-34-18-8-6-14-29(34)30-15-7-9-19-35(30)45(43)49-42/h1-26H. The predicted octanol–water partition coefficient (Wildman–Crippen LogP) is 13.1. The second-order valence-corrected chi connectivity index (χ2v) is 13.9. The highest BCUT2D eigenvalue weighted by Gasteiger charge is 2.18. The zero-order chi connectivity index (χ0) is 32.1. The summed E-state index contributed by atoms with van der Waals surface area (Å²) in [4.78, 5) is 10.3. The van der Waals surface area contributed by atoms with Gasteiger partial charge in [0.05, 0.1) is 11.2 Å². The highest BCUT2D eigenvalue weighted by molar-refractivity contribution is 7.27. The number of benzene rings is 9. The van der Waals surface area contributed by atoms with E-state index in [1.54, 1.807) is 0 Å². The molecular formula is C46H26N2S. The Morgan fingerprint density at radius 2 is 0.898 bits per heavy atom. The zero-order valence-corrected chi connectivity index (χ0v) is 27.1. The van der Waals surface area contributed by atoms with E-state index < -0.39 is 0 Å². The largest absolute Gasteiger partial charge is 0.228 e. The van der Waals surface area contributed by atoms with Gasteiger partial charge in [0.1, 0.15) is 0 Å². The van der Waals surface area contributed by atoms with Gasteiger partial charge in [0.2, 0.25) is 0 Å². The van der Waals surface area contributed by atoms with Crippen molar-refractivity contribution in [1.82, 2.24) is 9.97 Å². The summed E-state index contributed by atoms with van der Waals surface area (Å²) in [5.41, 5.74) is 4.00. The fourth-order valence-electron chi connectivity index (χ4n) is 8.01. The van der Waals surface area contributed by atoms with Crippen LogP contribution in [0.15, 0.2) is 158 Å². The molecule has 2 heterocycles. The molecule has 0 bridgehead atoms. The van der Waals surface area contributed by atoms with Gasteiger partial charge in [-0.25, -0.2) is 9.97 Å². The molecule has 226 valence electrons. The molecule has 11 rings (SSSR count). The van der Waals surface area contributed by atoms with Gasteiger partial charge < -0.3 is 0 Å². The molecule has 2 aromatic heterocycles. The summed E-state index contributed by atoms with van der Waals surface area (Å²) in [5.74, 6) is 0.737. The van der Waals surface area contributed by atoms with Crippen LogP contribution in [0, 0.1) is 0 Å². The van der Waals surface area contributed by atoms with E-state index in [1.807, 2.05) is 17.4 Å². The molecule has 0 fully saturated rings. The van der Waals surface area contributed by atoms with Crippen LogP contribution < -0.4 is 0 Å². The van der Waals surface area contributed by atoms with Gasteiger partial charge in [-0.15, -0.1) is 11.3 Å². The lowest BCUT2D eigenvalue weighted by atomic mass is 9.91. The number of fused-ring (bicyclic) bond motifs is 15. The molecule has 0 amide bonds. The van der Waals surface area contributed by atoms with Crippen LogP contribution in [0.4, 0.5) is 0 Å². The van der Waals surface area contributed by atoms with Crippen LogP contribution in [0.5, 0.6) is 0 Å². The molecule has 9 aromatic carbocycles. The molecule has 11 aromatic rings. The lowest BCUT2D eigenvalue weighted by Crippen LogP contribution is -1.95. The lowest BCUT2D eigenvalue weighted by molar-refractivity contribution is 1.23. The van der Waals surface area contributed by atoms with E-state index in [4.69, 9.17) is 9.97 Å². The highest BCUT2D eigenvalue weighted by atomic mass is 32.1. The molecule has 0 aliphatic carbocycles. The Morgan fingerprint density at radius 1 is 0.347 bits per heavy atom. The number of para-hydroxylation sites is 1. The van der Waals surface area contributed by atoms with E-state index in [-0.39, 0.29) is 0 Å². The minimum absolute atomic E-state index is 0.737. The molecule has 0 saturated heterocycles. The molecule has 3 heteroatoms. The second kappa shape index (κ2) is 10.2. The van der Waals surface area contributed by atoms with Gasteiger partial charge >= 0.3 is 0 Å². The van der Waals surface area contributed by atoms with Gasteiger partial charge in [-0.05, 0) is 72.7 Å². The van der Waals surface area contributed by atoms with Gasteiger partial charge in [0.25, 0.3) is 0 Å². The highest BCUT2D eigenvalue weighted by Crippen LogP contribution is 2.47. The average molecular weight is 639 g/mol. The van der Waals surface area contributed by atoms with Crippen LogP contribution in [0.1, 0.15) is 0 Å². The van der Waals surface area contributed by atoms with Crippen LogP contribution in [0.2, 0.25) is 0 Å². The Morgan fingerprint density at radius 3 is 1.65 bits per heavy atom. The fraction of sp³-hybridized carbons (Fsp3) is 0. The molecule has 0 N–H and O–H groups in total. The van der Waals surface area contributed by atoms with E-state index in [0.717, 1.165) is 33.5 Å². The van der Waals surface area contributed by atoms with Crippen LogP contribution in [0.25, 0.3) is 108 Å². The molecule has 2 nitrogen and oxygen atoms in total. The fourth-order valence-corrected chi connectivity index (χ4v) is 9.29. The maximum Gasteiger partial charge on any atom is 0.160 e. The molecule has 0 radical (unpaired) electrons. The first-order valence-electron chi connectivity index (χ1n) is 16.7. The van der Waals surface area contributed by atoms with Crippen LogP contribution in [0.3, 0.4) is 0 Å². The van der Waals surface area contributed by atoms with Gasteiger partial charge in [-0.3, -0.25) is 0 Å². The van der Waals surface area contributed by atoms with E-state index in [1.165, 1.54) is 74.0 Å². The third-order valence-corrected chi connectivity index (χ3v) is 11.4. The van der Waals surface area contributed by atoms with Gasteiger partial charge in [0.15, 0.2) is 5.82 Å². The van der Waals surface area contributed by atoms with Crippen molar-refractivity contribution in [3.05, 3.63) is 158 Å². The monoisotopic (exact) mass is 638 g/mol. The Labute approximate surface area is 285 Å². The van der Waals surface area contributed by atoms with Crippen molar-refractivity contribution < 1.29 is 0 Å². The summed E-state index contributed by atoms with van der Waals surface area (Å²) in [6.07, 6.45) is 0.